The number of hydrogen-bond donors (Lipinski definition) is 1. The van der Waals surface area contributed by atoms with E-state index in [1.165, 1.54) is 49.9 Å². The van der Waals surface area contributed by atoms with Crippen LogP contribution in [-0.4, -0.2) is 12.5 Å². The Morgan fingerprint density at radius 2 is 1.95 bits per heavy atom. The summed E-state index contributed by atoms with van der Waals surface area (Å²) in [7, 11) is 0. The number of nitrogens with one attached hydrogen (secondary N) is 1. The Hall–Kier alpha value is -0.830. The van der Waals surface area contributed by atoms with Crippen LogP contribution in [0.15, 0.2) is 17.5 Å². The molecule has 1 aromatic heterocycles. The van der Waals surface area contributed by atoms with Crippen LogP contribution in [0.4, 0.5) is 0 Å². The SMILES string of the molecule is C[C@]12CC3CC(CNC(=O)c4cccs4)(C1)C[C@@](C)(C3)C2. The molecule has 4 saturated carbocycles. The molecule has 2 nitrogen and oxygen atoms in total. The van der Waals surface area contributed by atoms with E-state index in [0.29, 0.717) is 16.2 Å². The van der Waals surface area contributed by atoms with E-state index < -0.39 is 0 Å². The van der Waals surface area contributed by atoms with Gasteiger partial charge in [0.1, 0.15) is 0 Å². The fraction of sp³-hybridized carbons (Fsp3) is 0.722. The van der Waals surface area contributed by atoms with E-state index in [1.54, 1.807) is 0 Å². The molecule has 4 atom stereocenters. The standard InChI is InChI=1S/C18H25NOS/c1-16-6-13-7-17(2,9-16)11-18(8-13,10-16)12-19-15(20)14-4-3-5-21-14/h3-5,13H,6-12H2,1-2H3,(H,19,20)/t13?,16-,17+,18?. The summed E-state index contributed by atoms with van der Waals surface area (Å²) in [6, 6.07) is 3.87. The summed E-state index contributed by atoms with van der Waals surface area (Å²) in [5.74, 6) is 1.02. The van der Waals surface area contributed by atoms with E-state index in [0.717, 1.165) is 17.3 Å². The second-order valence-corrected chi connectivity index (χ2v) is 9.74. The molecule has 2 unspecified atom stereocenters. The maximum absolute atomic E-state index is 12.3. The molecule has 5 rings (SSSR count). The van der Waals surface area contributed by atoms with Crippen molar-refractivity contribution in [1.29, 1.82) is 0 Å². The zero-order chi connectivity index (χ0) is 14.7. The van der Waals surface area contributed by atoms with Crippen molar-refractivity contribution >= 4 is 17.2 Å². The highest BCUT2D eigenvalue weighted by molar-refractivity contribution is 7.12. The highest BCUT2D eigenvalue weighted by Crippen LogP contribution is 2.69. The lowest BCUT2D eigenvalue weighted by Crippen LogP contribution is -2.58. The molecular formula is C18H25NOS. The van der Waals surface area contributed by atoms with Crippen molar-refractivity contribution in [2.45, 2.75) is 52.4 Å². The molecule has 4 fully saturated rings. The number of carbonyl (C=O) groups is 1. The number of thiophene rings is 1. The number of rotatable bonds is 3. The molecule has 1 heterocycles. The van der Waals surface area contributed by atoms with Gasteiger partial charge in [0.2, 0.25) is 0 Å². The van der Waals surface area contributed by atoms with Crippen LogP contribution in [0.25, 0.3) is 0 Å². The summed E-state index contributed by atoms with van der Waals surface area (Å²) in [6.45, 7) is 5.86. The smallest absolute Gasteiger partial charge is 0.261 e. The highest BCUT2D eigenvalue weighted by Gasteiger charge is 2.59. The Balaban J connectivity index is 1.51. The average molecular weight is 303 g/mol. The molecule has 1 N–H and O–H groups in total. The van der Waals surface area contributed by atoms with Crippen LogP contribution in [0.3, 0.4) is 0 Å². The van der Waals surface area contributed by atoms with E-state index in [9.17, 15) is 4.79 Å². The molecular weight excluding hydrogens is 278 g/mol. The summed E-state index contributed by atoms with van der Waals surface area (Å²) >= 11 is 1.53. The van der Waals surface area contributed by atoms with Crippen molar-refractivity contribution in [3.63, 3.8) is 0 Å². The minimum Gasteiger partial charge on any atom is -0.351 e. The van der Waals surface area contributed by atoms with Crippen molar-refractivity contribution in [2.24, 2.45) is 22.2 Å². The fourth-order valence-electron chi connectivity index (χ4n) is 6.64. The summed E-state index contributed by atoms with van der Waals surface area (Å²) in [6.07, 6.45) is 8.21. The second-order valence-electron chi connectivity index (χ2n) is 8.79. The van der Waals surface area contributed by atoms with Crippen LogP contribution in [0.2, 0.25) is 0 Å². The Morgan fingerprint density at radius 1 is 1.24 bits per heavy atom. The zero-order valence-electron chi connectivity index (χ0n) is 13.1. The van der Waals surface area contributed by atoms with Gasteiger partial charge in [-0.2, -0.15) is 0 Å². The zero-order valence-corrected chi connectivity index (χ0v) is 13.9. The lowest BCUT2D eigenvalue weighted by Gasteiger charge is -2.65. The van der Waals surface area contributed by atoms with Gasteiger partial charge < -0.3 is 5.32 Å². The summed E-state index contributed by atoms with van der Waals surface area (Å²) in [5, 5.41) is 5.22. The maximum atomic E-state index is 12.3. The number of hydrogen-bond acceptors (Lipinski definition) is 2. The lowest BCUT2D eigenvalue weighted by atomic mass is 9.40. The van der Waals surface area contributed by atoms with E-state index in [2.05, 4.69) is 19.2 Å². The molecule has 114 valence electrons. The van der Waals surface area contributed by atoms with Crippen molar-refractivity contribution in [1.82, 2.24) is 5.32 Å². The number of amides is 1. The van der Waals surface area contributed by atoms with Gasteiger partial charge in [0, 0.05) is 6.54 Å². The minimum atomic E-state index is 0.121. The van der Waals surface area contributed by atoms with Crippen LogP contribution < -0.4 is 5.32 Å². The lowest BCUT2D eigenvalue weighted by molar-refractivity contribution is -0.142. The molecule has 4 bridgehead atoms. The molecule has 21 heavy (non-hydrogen) atoms. The van der Waals surface area contributed by atoms with E-state index in [1.807, 2.05) is 17.5 Å². The van der Waals surface area contributed by atoms with Gasteiger partial charge in [0.05, 0.1) is 4.88 Å². The van der Waals surface area contributed by atoms with Gasteiger partial charge in [-0.1, -0.05) is 19.9 Å². The Bertz CT molecular complexity index is 546. The Morgan fingerprint density at radius 3 is 2.52 bits per heavy atom. The first-order chi connectivity index (χ1) is 9.90. The first-order valence-electron chi connectivity index (χ1n) is 8.21. The first kappa shape index (κ1) is 13.8. The normalized spacial score (nSPS) is 44.0. The number of carbonyl (C=O) groups excluding carboxylic acids is 1. The first-order valence-corrected chi connectivity index (χ1v) is 9.09. The van der Waals surface area contributed by atoms with Crippen LogP contribution in [0.5, 0.6) is 0 Å². The van der Waals surface area contributed by atoms with Gasteiger partial charge >= 0.3 is 0 Å². The van der Waals surface area contributed by atoms with Crippen molar-refractivity contribution in [2.75, 3.05) is 6.54 Å². The van der Waals surface area contributed by atoms with Crippen LogP contribution >= 0.6 is 11.3 Å². The Kier molecular flexibility index (Phi) is 2.86. The molecule has 0 aliphatic heterocycles. The third-order valence-electron chi connectivity index (χ3n) is 6.11. The van der Waals surface area contributed by atoms with Gasteiger partial charge in [0.25, 0.3) is 5.91 Å². The molecule has 1 amide bonds. The molecule has 4 aliphatic rings. The van der Waals surface area contributed by atoms with E-state index in [-0.39, 0.29) is 5.91 Å². The van der Waals surface area contributed by atoms with Gasteiger partial charge in [-0.3, -0.25) is 4.79 Å². The molecule has 0 radical (unpaired) electrons. The summed E-state index contributed by atoms with van der Waals surface area (Å²) < 4.78 is 0. The Labute approximate surface area is 131 Å². The van der Waals surface area contributed by atoms with Crippen molar-refractivity contribution < 1.29 is 4.79 Å². The van der Waals surface area contributed by atoms with Crippen LogP contribution in [0, 0.1) is 22.2 Å². The second kappa shape index (κ2) is 4.34. The quantitative estimate of drug-likeness (QED) is 0.876. The van der Waals surface area contributed by atoms with Crippen LogP contribution in [-0.2, 0) is 0 Å². The monoisotopic (exact) mass is 303 g/mol. The topological polar surface area (TPSA) is 29.1 Å². The summed E-state index contributed by atoms with van der Waals surface area (Å²) in [5.41, 5.74) is 1.43. The molecule has 0 aromatic carbocycles. The van der Waals surface area contributed by atoms with Crippen LogP contribution in [0.1, 0.15) is 62.0 Å². The predicted molar refractivity (Wildman–Crippen MR) is 86.5 cm³/mol. The van der Waals surface area contributed by atoms with Gasteiger partial charge in [0.15, 0.2) is 0 Å². The molecule has 1 aromatic rings. The predicted octanol–water partition coefficient (Wildman–Crippen LogP) is 4.47. The molecule has 4 aliphatic carbocycles. The maximum Gasteiger partial charge on any atom is 0.261 e. The van der Waals surface area contributed by atoms with Gasteiger partial charge in [-0.25, -0.2) is 0 Å². The largest absolute Gasteiger partial charge is 0.351 e. The summed E-state index contributed by atoms with van der Waals surface area (Å²) in [4.78, 5) is 13.1. The van der Waals surface area contributed by atoms with Gasteiger partial charge in [-0.15, -0.1) is 11.3 Å². The van der Waals surface area contributed by atoms with Crippen molar-refractivity contribution in [3.8, 4) is 0 Å². The molecule has 3 heteroatoms. The van der Waals surface area contributed by atoms with E-state index in [4.69, 9.17) is 0 Å². The molecule has 0 spiro atoms. The van der Waals surface area contributed by atoms with Gasteiger partial charge in [-0.05, 0) is 72.1 Å². The molecule has 0 saturated heterocycles. The third-order valence-corrected chi connectivity index (χ3v) is 6.98. The van der Waals surface area contributed by atoms with Crippen molar-refractivity contribution in [3.05, 3.63) is 22.4 Å². The van der Waals surface area contributed by atoms with E-state index >= 15 is 0 Å². The highest BCUT2D eigenvalue weighted by atomic mass is 32.1. The third kappa shape index (κ3) is 2.34. The average Bonchev–Trinajstić information content (AvgIpc) is 2.85. The fourth-order valence-corrected chi connectivity index (χ4v) is 7.28. The minimum absolute atomic E-state index is 0.121.